The summed E-state index contributed by atoms with van der Waals surface area (Å²) in [5.41, 5.74) is 7.64. The van der Waals surface area contributed by atoms with Crippen LogP contribution in [-0.4, -0.2) is 6.79 Å². The van der Waals surface area contributed by atoms with E-state index < -0.39 is 0 Å². The molecular weight excluding hydrogens is 362 g/mol. The summed E-state index contributed by atoms with van der Waals surface area (Å²) in [6, 6.07) is 8.37. The van der Waals surface area contributed by atoms with Gasteiger partial charge in [0.1, 0.15) is 5.82 Å². The number of nitrogen functional groups attached to an aromatic ring is 1. The first kappa shape index (κ1) is 12.3. The number of anilines is 3. The Labute approximate surface area is 122 Å². The number of nitrogens with one attached hydrogen (secondary N) is 1. The third-order valence-electron chi connectivity index (χ3n) is 2.74. The standard InChI is InChI=1S/C13H10FIN2O2/c14-8-4-11(10(16)5-9(8)15)17-7-1-2-12-13(3-7)19-6-18-12/h1-5,17H,6,16H2. The molecule has 1 heterocycles. The maximum Gasteiger partial charge on any atom is 0.231 e. The van der Waals surface area contributed by atoms with E-state index in [0.29, 0.717) is 26.4 Å². The van der Waals surface area contributed by atoms with Crippen LogP contribution in [0.5, 0.6) is 11.5 Å². The van der Waals surface area contributed by atoms with Crippen LogP contribution in [0.3, 0.4) is 0 Å². The van der Waals surface area contributed by atoms with Gasteiger partial charge in [-0.3, -0.25) is 0 Å². The van der Waals surface area contributed by atoms with Gasteiger partial charge in [0.05, 0.1) is 14.9 Å². The second kappa shape index (κ2) is 4.76. The molecule has 0 saturated heterocycles. The zero-order valence-electron chi connectivity index (χ0n) is 9.74. The normalized spacial score (nSPS) is 12.5. The van der Waals surface area contributed by atoms with Crippen LogP contribution in [0, 0.1) is 9.39 Å². The van der Waals surface area contributed by atoms with E-state index in [1.807, 2.05) is 28.7 Å². The van der Waals surface area contributed by atoms with E-state index in [4.69, 9.17) is 15.2 Å². The molecule has 1 aliphatic rings. The van der Waals surface area contributed by atoms with E-state index in [1.54, 1.807) is 18.2 Å². The van der Waals surface area contributed by atoms with Gasteiger partial charge in [0, 0.05) is 17.8 Å². The van der Waals surface area contributed by atoms with E-state index in [1.165, 1.54) is 6.07 Å². The number of benzene rings is 2. The summed E-state index contributed by atoms with van der Waals surface area (Å²) in [6.07, 6.45) is 0. The molecule has 0 amide bonds. The highest BCUT2D eigenvalue weighted by Gasteiger charge is 2.14. The lowest BCUT2D eigenvalue weighted by atomic mass is 10.2. The molecule has 3 N–H and O–H groups in total. The van der Waals surface area contributed by atoms with Crippen molar-refractivity contribution in [1.29, 1.82) is 0 Å². The first-order chi connectivity index (χ1) is 9.13. The summed E-state index contributed by atoms with van der Waals surface area (Å²) in [7, 11) is 0. The SMILES string of the molecule is Nc1cc(I)c(F)cc1Nc1ccc2c(c1)OCO2. The number of ether oxygens (including phenoxy) is 2. The predicted octanol–water partition coefficient (Wildman–Crippen LogP) is 3.48. The number of halogens is 2. The van der Waals surface area contributed by atoms with Gasteiger partial charge in [-0.2, -0.15) is 0 Å². The molecular formula is C13H10FIN2O2. The first-order valence-electron chi connectivity index (χ1n) is 5.54. The van der Waals surface area contributed by atoms with Crippen molar-refractivity contribution >= 4 is 39.7 Å². The summed E-state index contributed by atoms with van der Waals surface area (Å²) in [5.74, 6) is 1.06. The zero-order chi connectivity index (χ0) is 13.4. The van der Waals surface area contributed by atoms with Crippen molar-refractivity contribution in [3.05, 3.63) is 39.7 Å². The number of rotatable bonds is 2. The Bertz CT molecular complexity index is 649. The summed E-state index contributed by atoms with van der Waals surface area (Å²) in [4.78, 5) is 0. The number of hydrogen-bond acceptors (Lipinski definition) is 4. The molecule has 4 nitrogen and oxygen atoms in total. The maximum absolute atomic E-state index is 13.5. The average Bonchev–Trinajstić information content (AvgIpc) is 2.83. The Hall–Kier alpha value is -1.70. The van der Waals surface area contributed by atoms with Crippen molar-refractivity contribution in [2.45, 2.75) is 0 Å². The average molecular weight is 372 g/mol. The molecule has 6 heteroatoms. The number of nitrogens with two attached hydrogens (primary N) is 1. The molecule has 2 aromatic carbocycles. The smallest absolute Gasteiger partial charge is 0.231 e. The summed E-state index contributed by atoms with van der Waals surface area (Å²) in [5, 5.41) is 3.07. The van der Waals surface area contributed by atoms with Gasteiger partial charge in [-0.25, -0.2) is 4.39 Å². The van der Waals surface area contributed by atoms with Crippen LogP contribution >= 0.6 is 22.6 Å². The molecule has 0 unspecified atom stereocenters. The van der Waals surface area contributed by atoms with E-state index in [9.17, 15) is 4.39 Å². The molecule has 0 saturated carbocycles. The molecule has 98 valence electrons. The zero-order valence-corrected chi connectivity index (χ0v) is 11.9. The highest BCUT2D eigenvalue weighted by Crippen LogP contribution is 2.36. The molecule has 0 bridgehead atoms. The van der Waals surface area contributed by atoms with E-state index in [2.05, 4.69) is 5.32 Å². The summed E-state index contributed by atoms with van der Waals surface area (Å²) in [6.45, 7) is 0.221. The molecule has 2 aromatic rings. The van der Waals surface area contributed by atoms with Crippen LogP contribution in [0.1, 0.15) is 0 Å². The van der Waals surface area contributed by atoms with Crippen LogP contribution in [0.2, 0.25) is 0 Å². The van der Waals surface area contributed by atoms with Gasteiger partial charge in [0.2, 0.25) is 6.79 Å². The predicted molar refractivity (Wildman–Crippen MR) is 79.4 cm³/mol. The van der Waals surface area contributed by atoms with Crippen molar-refractivity contribution in [1.82, 2.24) is 0 Å². The van der Waals surface area contributed by atoms with Crippen LogP contribution in [0.25, 0.3) is 0 Å². The van der Waals surface area contributed by atoms with Gasteiger partial charge in [0.15, 0.2) is 11.5 Å². The van der Waals surface area contributed by atoms with E-state index in [0.717, 1.165) is 5.69 Å². The minimum atomic E-state index is -0.307. The van der Waals surface area contributed by atoms with Gasteiger partial charge in [-0.1, -0.05) is 0 Å². The van der Waals surface area contributed by atoms with Gasteiger partial charge in [-0.05, 0) is 40.8 Å². The molecule has 0 radical (unpaired) electrons. The largest absolute Gasteiger partial charge is 0.454 e. The van der Waals surface area contributed by atoms with Crippen molar-refractivity contribution in [2.75, 3.05) is 17.8 Å². The molecule has 0 spiro atoms. The van der Waals surface area contributed by atoms with Gasteiger partial charge in [-0.15, -0.1) is 0 Å². The highest BCUT2D eigenvalue weighted by molar-refractivity contribution is 14.1. The lowest BCUT2D eigenvalue weighted by molar-refractivity contribution is 0.174. The minimum Gasteiger partial charge on any atom is -0.454 e. The topological polar surface area (TPSA) is 56.5 Å². The highest BCUT2D eigenvalue weighted by atomic mass is 127. The molecule has 19 heavy (non-hydrogen) atoms. The minimum absolute atomic E-state index is 0.221. The van der Waals surface area contributed by atoms with Gasteiger partial charge >= 0.3 is 0 Å². The fourth-order valence-electron chi connectivity index (χ4n) is 1.80. The monoisotopic (exact) mass is 372 g/mol. The van der Waals surface area contributed by atoms with E-state index >= 15 is 0 Å². The van der Waals surface area contributed by atoms with Crippen LogP contribution < -0.4 is 20.5 Å². The van der Waals surface area contributed by atoms with Gasteiger partial charge < -0.3 is 20.5 Å². The lowest BCUT2D eigenvalue weighted by Crippen LogP contribution is -1.98. The Morgan fingerprint density at radius 1 is 1.16 bits per heavy atom. The Balaban J connectivity index is 1.91. The second-order valence-electron chi connectivity index (χ2n) is 4.05. The molecule has 0 aromatic heterocycles. The van der Waals surface area contributed by atoms with E-state index in [-0.39, 0.29) is 12.6 Å². The van der Waals surface area contributed by atoms with Crippen molar-refractivity contribution in [2.24, 2.45) is 0 Å². The summed E-state index contributed by atoms with van der Waals surface area (Å²) < 4.78 is 24.5. The third-order valence-corrected chi connectivity index (χ3v) is 3.57. The first-order valence-corrected chi connectivity index (χ1v) is 6.62. The third kappa shape index (κ3) is 2.40. The number of hydrogen-bond donors (Lipinski definition) is 2. The lowest BCUT2D eigenvalue weighted by Gasteiger charge is -2.11. The quantitative estimate of drug-likeness (QED) is 0.626. The van der Waals surface area contributed by atoms with Crippen LogP contribution in [0.4, 0.5) is 21.5 Å². The van der Waals surface area contributed by atoms with Gasteiger partial charge in [0.25, 0.3) is 0 Å². The molecule has 1 aliphatic heterocycles. The molecule has 0 fully saturated rings. The Morgan fingerprint density at radius 2 is 1.95 bits per heavy atom. The molecule has 0 aliphatic carbocycles. The fraction of sp³-hybridized carbons (Fsp3) is 0.0769. The molecule has 0 atom stereocenters. The Kier molecular flexibility index (Phi) is 3.09. The number of fused-ring (bicyclic) bond motifs is 1. The second-order valence-corrected chi connectivity index (χ2v) is 5.21. The fourth-order valence-corrected chi connectivity index (χ4v) is 2.29. The van der Waals surface area contributed by atoms with Crippen LogP contribution in [-0.2, 0) is 0 Å². The molecule has 3 rings (SSSR count). The van der Waals surface area contributed by atoms with Crippen molar-refractivity contribution in [3.8, 4) is 11.5 Å². The van der Waals surface area contributed by atoms with Crippen molar-refractivity contribution < 1.29 is 13.9 Å². The van der Waals surface area contributed by atoms with Crippen LogP contribution in [0.15, 0.2) is 30.3 Å². The Morgan fingerprint density at radius 3 is 2.79 bits per heavy atom. The summed E-state index contributed by atoms with van der Waals surface area (Å²) >= 11 is 1.90. The maximum atomic E-state index is 13.5. The van der Waals surface area contributed by atoms with Crippen molar-refractivity contribution in [3.63, 3.8) is 0 Å².